The highest BCUT2D eigenvalue weighted by Gasteiger charge is 2.17. The Morgan fingerprint density at radius 1 is 0.941 bits per heavy atom. The Morgan fingerprint density at radius 3 is 2.59 bits per heavy atom. The highest BCUT2D eigenvalue weighted by atomic mass is 35.5. The summed E-state index contributed by atoms with van der Waals surface area (Å²) in [5.74, 6) is 0. The monoisotopic (exact) mass is 240 g/mol. The summed E-state index contributed by atoms with van der Waals surface area (Å²) < 4.78 is 0. The molecule has 0 heterocycles. The number of nitrogens with one attached hydrogen (secondary N) is 2. The molecule has 0 unspecified atom stereocenters. The normalized spacial score (nSPS) is 14.2. The van der Waals surface area contributed by atoms with Crippen LogP contribution >= 0.6 is 11.6 Å². The van der Waals surface area contributed by atoms with E-state index in [9.17, 15) is 0 Å². The molecule has 0 fully saturated rings. The molecular weight excluding hydrogens is 232 g/mol. The molecule has 2 nitrogen and oxygen atoms in total. The Hall–Kier alpha value is -1.93. The van der Waals surface area contributed by atoms with Crippen molar-refractivity contribution in [2.45, 2.75) is 0 Å². The van der Waals surface area contributed by atoms with Crippen molar-refractivity contribution in [2.75, 3.05) is 0 Å². The van der Waals surface area contributed by atoms with Gasteiger partial charge in [-0.25, -0.2) is 0 Å². The zero-order chi connectivity index (χ0) is 12.0. The topological polar surface area (TPSA) is 47.7 Å². The quantitative estimate of drug-likeness (QED) is 0.702. The van der Waals surface area contributed by atoms with E-state index in [4.69, 9.17) is 22.4 Å². The predicted octanol–water partition coefficient (Wildman–Crippen LogP) is 3.91. The molecule has 0 radical (unpaired) electrons. The molecule has 2 aromatic rings. The molecule has 0 saturated heterocycles. The van der Waals surface area contributed by atoms with E-state index in [1.807, 2.05) is 36.4 Å². The van der Waals surface area contributed by atoms with E-state index in [0.717, 1.165) is 21.9 Å². The second-order valence-corrected chi connectivity index (χ2v) is 4.45. The largest absolute Gasteiger partial charge is 0.299 e. The lowest BCUT2D eigenvalue weighted by molar-refractivity contribution is 1.47. The molecule has 0 bridgehead atoms. The van der Waals surface area contributed by atoms with Crippen LogP contribution in [0.2, 0.25) is 5.02 Å². The molecule has 1 aliphatic carbocycles. The van der Waals surface area contributed by atoms with E-state index in [-0.39, 0.29) is 11.4 Å². The van der Waals surface area contributed by atoms with Gasteiger partial charge in [-0.15, -0.1) is 0 Å². The summed E-state index contributed by atoms with van der Waals surface area (Å²) in [5.41, 5.74) is 2.34. The van der Waals surface area contributed by atoms with Crippen molar-refractivity contribution >= 4 is 39.9 Å². The van der Waals surface area contributed by atoms with Crippen LogP contribution in [0.5, 0.6) is 0 Å². The molecule has 0 amide bonds. The second-order valence-electron chi connectivity index (χ2n) is 4.02. The van der Waals surface area contributed by atoms with Gasteiger partial charge in [-0.2, -0.15) is 0 Å². The van der Waals surface area contributed by atoms with Crippen molar-refractivity contribution in [1.29, 1.82) is 10.8 Å². The average Bonchev–Trinajstić information content (AvgIpc) is 2.33. The summed E-state index contributed by atoms with van der Waals surface area (Å²) in [4.78, 5) is 0. The molecule has 0 saturated carbocycles. The van der Waals surface area contributed by atoms with Crippen molar-refractivity contribution in [3.63, 3.8) is 0 Å². The van der Waals surface area contributed by atoms with Crippen LogP contribution in [0.4, 0.5) is 0 Å². The van der Waals surface area contributed by atoms with Crippen molar-refractivity contribution in [3.8, 4) is 0 Å². The Balaban J connectivity index is 2.43. The molecule has 3 heteroatoms. The second kappa shape index (κ2) is 3.54. The average molecular weight is 241 g/mol. The SMILES string of the molecule is N=C1C=Cc2ccc3cc(Cl)ccc3c2C1=N. The number of fused-ring (bicyclic) bond motifs is 3. The summed E-state index contributed by atoms with van der Waals surface area (Å²) in [6.07, 6.45) is 3.54. The van der Waals surface area contributed by atoms with Gasteiger partial charge in [0.05, 0.1) is 11.4 Å². The minimum absolute atomic E-state index is 0.250. The minimum Gasteiger partial charge on any atom is -0.299 e. The molecular formula is C14H9ClN2. The zero-order valence-corrected chi connectivity index (χ0v) is 9.68. The number of rotatable bonds is 0. The van der Waals surface area contributed by atoms with Crippen LogP contribution < -0.4 is 0 Å². The third-order valence-corrected chi connectivity index (χ3v) is 3.20. The first kappa shape index (κ1) is 10.2. The summed E-state index contributed by atoms with van der Waals surface area (Å²) in [5, 5.41) is 18.4. The molecule has 0 aliphatic heterocycles. The molecule has 0 spiro atoms. The van der Waals surface area contributed by atoms with Crippen LogP contribution in [0.1, 0.15) is 11.1 Å². The molecule has 0 atom stereocenters. The van der Waals surface area contributed by atoms with Crippen LogP contribution in [-0.4, -0.2) is 11.4 Å². The fourth-order valence-electron chi connectivity index (χ4n) is 2.13. The maximum absolute atomic E-state index is 8.00. The Labute approximate surface area is 104 Å². The highest BCUT2D eigenvalue weighted by molar-refractivity contribution is 6.53. The molecule has 2 N–H and O–H groups in total. The van der Waals surface area contributed by atoms with Crippen LogP contribution in [0.25, 0.3) is 16.8 Å². The number of halogens is 1. The van der Waals surface area contributed by atoms with Crippen LogP contribution in [0.15, 0.2) is 36.4 Å². The van der Waals surface area contributed by atoms with Gasteiger partial charge in [-0.3, -0.25) is 10.8 Å². The van der Waals surface area contributed by atoms with Gasteiger partial charge in [-0.1, -0.05) is 35.9 Å². The first-order valence-electron chi connectivity index (χ1n) is 5.25. The van der Waals surface area contributed by atoms with Crippen molar-refractivity contribution in [3.05, 3.63) is 52.6 Å². The number of allylic oxidation sites excluding steroid dienone is 1. The molecule has 17 heavy (non-hydrogen) atoms. The third kappa shape index (κ3) is 1.49. The molecule has 1 aliphatic rings. The van der Waals surface area contributed by atoms with Crippen molar-refractivity contribution in [2.24, 2.45) is 0 Å². The summed E-state index contributed by atoms with van der Waals surface area (Å²) in [7, 11) is 0. The number of hydrogen-bond donors (Lipinski definition) is 2. The highest BCUT2D eigenvalue weighted by Crippen LogP contribution is 2.28. The Bertz CT molecular complexity index is 699. The van der Waals surface area contributed by atoms with E-state index in [1.165, 1.54) is 0 Å². The predicted molar refractivity (Wildman–Crippen MR) is 72.5 cm³/mol. The zero-order valence-electron chi connectivity index (χ0n) is 8.92. The van der Waals surface area contributed by atoms with E-state index >= 15 is 0 Å². The van der Waals surface area contributed by atoms with Gasteiger partial charge < -0.3 is 0 Å². The third-order valence-electron chi connectivity index (χ3n) is 2.96. The summed E-state index contributed by atoms with van der Waals surface area (Å²) in [6.45, 7) is 0. The molecule has 2 aromatic carbocycles. The summed E-state index contributed by atoms with van der Waals surface area (Å²) in [6, 6.07) is 9.57. The molecule has 82 valence electrons. The molecule has 0 aromatic heterocycles. The Morgan fingerprint density at radius 2 is 1.76 bits per heavy atom. The lowest BCUT2D eigenvalue weighted by atomic mass is 9.89. The van der Waals surface area contributed by atoms with Gasteiger partial charge in [0.25, 0.3) is 0 Å². The minimum atomic E-state index is 0.250. The van der Waals surface area contributed by atoms with Crippen molar-refractivity contribution < 1.29 is 0 Å². The first-order chi connectivity index (χ1) is 8.16. The maximum atomic E-state index is 8.00. The lowest BCUT2D eigenvalue weighted by Gasteiger charge is -2.15. The number of hydrogen-bond acceptors (Lipinski definition) is 2. The summed E-state index contributed by atoms with van der Waals surface area (Å²) >= 11 is 5.96. The Kier molecular flexibility index (Phi) is 2.13. The molecule has 3 rings (SSSR count). The van der Waals surface area contributed by atoms with E-state index in [1.54, 1.807) is 6.08 Å². The van der Waals surface area contributed by atoms with Gasteiger partial charge in [0.15, 0.2) is 0 Å². The van der Waals surface area contributed by atoms with E-state index < -0.39 is 0 Å². The van der Waals surface area contributed by atoms with Crippen molar-refractivity contribution in [1.82, 2.24) is 0 Å². The van der Waals surface area contributed by atoms with Gasteiger partial charge in [0, 0.05) is 10.6 Å². The van der Waals surface area contributed by atoms with Gasteiger partial charge in [-0.05, 0) is 34.5 Å². The van der Waals surface area contributed by atoms with Gasteiger partial charge in [0.1, 0.15) is 0 Å². The number of benzene rings is 2. The van der Waals surface area contributed by atoms with Gasteiger partial charge >= 0.3 is 0 Å². The van der Waals surface area contributed by atoms with Gasteiger partial charge in [0.2, 0.25) is 0 Å². The van der Waals surface area contributed by atoms with Crippen LogP contribution in [0, 0.1) is 10.8 Å². The van der Waals surface area contributed by atoms with Crippen LogP contribution in [0.3, 0.4) is 0 Å². The standard InChI is InChI=1S/C14H9ClN2/c15-10-4-5-11-9(7-10)2-1-8-3-6-12(16)14(17)13(8)11/h1-7,16-17H. The maximum Gasteiger partial charge on any atom is 0.0873 e. The fourth-order valence-corrected chi connectivity index (χ4v) is 2.31. The first-order valence-corrected chi connectivity index (χ1v) is 5.63. The van der Waals surface area contributed by atoms with E-state index in [2.05, 4.69) is 0 Å². The fraction of sp³-hybridized carbons (Fsp3) is 0. The smallest absolute Gasteiger partial charge is 0.0873 e. The van der Waals surface area contributed by atoms with Crippen LogP contribution in [-0.2, 0) is 0 Å². The van der Waals surface area contributed by atoms with E-state index in [0.29, 0.717) is 5.02 Å². The lowest BCUT2D eigenvalue weighted by Crippen LogP contribution is -2.16.